The Morgan fingerprint density at radius 2 is 1.82 bits per heavy atom. The molecule has 0 saturated carbocycles. The first-order valence-electron chi connectivity index (χ1n) is 5.40. The Balaban J connectivity index is 0.000000325. The Bertz CT molecular complexity index is 350. The molecule has 0 aromatic carbocycles. The van der Waals surface area contributed by atoms with Gasteiger partial charge in [-0.25, -0.2) is 4.98 Å². The van der Waals surface area contributed by atoms with Crippen LogP contribution < -0.4 is 5.32 Å². The molecule has 0 unspecified atom stereocenters. The van der Waals surface area contributed by atoms with E-state index >= 15 is 0 Å². The lowest BCUT2D eigenvalue weighted by molar-refractivity contribution is 0.111. The van der Waals surface area contributed by atoms with Gasteiger partial charge in [-0.05, 0) is 12.1 Å². The lowest BCUT2D eigenvalue weighted by Gasteiger charge is -2.10. The van der Waals surface area contributed by atoms with Crippen LogP contribution in [0.2, 0.25) is 5.15 Å². The largest absolute Gasteiger partial charge is 0.312 e. The van der Waals surface area contributed by atoms with Crippen molar-refractivity contribution in [1.82, 2.24) is 10.3 Å². The maximum absolute atomic E-state index is 12.4. The molecule has 0 spiro atoms. The fourth-order valence-corrected chi connectivity index (χ4v) is 1.31. The topological polar surface area (TPSA) is 42.0 Å². The van der Waals surface area contributed by atoms with E-state index in [2.05, 4.69) is 38.0 Å². The molecule has 3 nitrogen and oxygen atoms in total. The summed E-state index contributed by atoms with van der Waals surface area (Å²) in [6.45, 7) is 8.61. The molecule has 0 radical (unpaired) electrons. The Morgan fingerprint density at radius 1 is 1.29 bits per heavy atom. The van der Waals surface area contributed by atoms with E-state index in [-0.39, 0.29) is 10.7 Å². The molecule has 0 aliphatic rings. The highest BCUT2D eigenvalue weighted by atomic mass is 35.5. The second-order valence-corrected chi connectivity index (χ2v) is 4.50. The van der Waals surface area contributed by atoms with Gasteiger partial charge in [-0.15, -0.1) is 0 Å². The van der Waals surface area contributed by atoms with Crippen LogP contribution in [0.4, 0.5) is 4.39 Å². The number of hydrogen-bond acceptors (Lipinski definition) is 3. The average Bonchev–Trinajstić information content (AvgIpc) is 2.16. The Labute approximate surface area is 106 Å². The molecular weight excluding hydrogens is 243 g/mol. The summed E-state index contributed by atoms with van der Waals surface area (Å²) in [7, 11) is 0. The lowest BCUT2D eigenvalue weighted by atomic mass is 10.3. The van der Waals surface area contributed by atoms with Crippen LogP contribution in [0.15, 0.2) is 12.1 Å². The van der Waals surface area contributed by atoms with Crippen LogP contribution in [-0.4, -0.2) is 23.4 Å². The molecule has 0 aliphatic carbocycles. The van der Waals surface area contributed by atoms with E-state index < -0.39 is 5.95 Å². The Hall–Kier alpha value is -1.00. The summed E-state index contributed by atoms with van der Waals surface area (Å²) >= 11 is 5.31. The summed E-state index contributed by atoms with van der Waals surface area (Å²) in [5, 5.41) is 3.35. The van der Waals surface area contributed by atoms with Crippen molar-refractivity contribution in [3.8, 4) is 0 Å². The summed E-state index contributed by atoms with van der Waals surface area (Å²) in [5.41, 5.74) is -0.0793. The first kappa shape index (κ1) is 16.0. The monoisotopic (exact) mass is 260 g/mol. The van der Waals surface area contributed by atoms with Gasteiger partial charge in [-0.3, -0.25) is 4.79 Å². The first-order chi connectivity index (χ1) is 7.86. The van der Waals surface area contributed by atoms with Crippen molar-refractivity contribution >= 4 is 17.9 Å². The minimum atomic E-state index is -0.831. The molecule has 0 fully saturated rings. The van der Waals surface area contributed by atoms with Crippen LogP contribution in [0.25, 0.3) is 0 Å². The van der Waals surface area contributed by atoms with Crippen LogP contribution >= 0.6 is 11.6 Å². The molecule has 0 bridgehead atoms. The van der Waals surface area contributed by atoms with Crippen molar-refractivity contribution in [3.05, 3.63) is 28.8 Å². The molecule has 0 amide bonds. The third-order valence-corrected chi connectivity index (χ3v) is 1.85. The van der Waals surface area contributed by atoms with Gasteiger partial charge in [0.2, 0.25) is 5.95 Å². The third-order valence-electron chi connectivity index (χ3n) is 1.64. The smallest absolute Gasteiger partial charge is 0.224 e. The van der Waals surface area contributed by atoms with Crippen molar-refractivity contribution < 1.29 is 9.18 Å². The highest BCUT2D eigenvalue weighted by Gasteiger charge is 2.00. The van der Waals surface area contributed by atoms with Gasteiger partial charge in [0.25, 0.3) is 0 Å². The number of halogens is 2. The van der Waals surface area contributed by atoms with Gasteiger partial charge in [0.05, 0.1) is 5.56 Å². The maximum atomic E-state index is 12.4. The molecule has 1 heterocycles. The van der Waals surface area contributed by atoms with Gasteiger partial charge >= 0.3 is 0 Å². The second-order valence-electron chi connectivity index (χ2n) is 4.11. The van der Waals surface area contributed by atoms with Gasteiger partial charge in [0.15, 0.2) is 6.29 Å². The molecule has 0 aliphatic heterocycles. The minimum absolute atomic E-state index is 0.0445. The number of aldehydes is 1. The quantitative estimate of drug-likeness (QED) is 0.671. The van der Waals surface area contributed by atoms with Crippen molar-refractivity contribution in [1.29, 1.82) is 0 Å². The lowest BCUT2D eigenvalue weighted by Crippen LogP contribution is -2.29. The van der Waals surface area contributed by atoms with Gasteiger partial charge in [0.1, 0.15) is 5.15 Å². The van der Waals surface area contributed by atoms with E-state index in [0.29, 0.717) is 18.4 Å². The van der Waals surface area contributed by atoms with Crippen molar-refractivity contribution in [2.24, 2.45) is 0 Å². The van der Waals surface area contributed by atoms with Crippen LogP contribution in [0.5, 0.6) is 0 Å². The molecule has 96 valence electrons. The zero-order valence-corrected chi connectivity index (χ0v) is 11.3. The summed E-state index contributed by atoms with van der Waals surface area (Å²) in [4.78, 5) is 13.2. The molecule has 1 rings (SSSR count). The van der Waals surface area contributed by atoms with Crippen LogP contribution in [-0.2, 0) is 0 Å². The van der Waals surface area contributed by atoms with Crippen molar-refractivity contribution in [2.75, 3.05) is 0 Å². The molecule has 0 atom stereocenters. The fourth-order valence-electron chi connectivity index (χ4n) is 1.18. The highest BCUT2D eigenvalue weighted by molar-refractivity contribution is 6.29. The predicted octanol–water partition coefficient (Wildman–Crippen LogP) is 3.08. The van der Waals surface area contributed by atoms with E-state index in [1.165, 1.54) is 12.1 Å². The Kier molecular flexibility index (Phi) is 7.66. The Morgan fingerprint density at radius 3 is 2.12 bits per heavy atom. The molecule has 1 N–H and O–H groups in total. The number of pyridine rings is 1. The number of hydrogen-bond donors (Lipinski definition) is 1. The number of carbonyl (C=O) groups excluding carboxylic acids is 1. The van der Waals surface area contributed by atoms with Crippen molar-refractivity contribution in [3.63, 3.8) is 0 Å². The highest BCUT2D eigenvalue weighted by Crippen LogP contribution is 2.07. The van der Waals surface area contributed by atoms with E-state index in [0.717, 1.165) is 0 Å². The standard InChI is InChI=1S/C6H3ClFNO.C6H15N/c7-5-2-1-4(3-10)6(8)9-5;1-5(2)7-6(3)4/h1-3H;5-7H,1-4H3. The molecular formula is C12H18ClFN2O. The average molecular weight is 261 g/mol. The molecule has 0 saturated heterocycles. The third kappa shape index (κ3) is 7.82. The normalized spacial score (nSPS) is 10.1. The zero-order chi connectivity index (χ0) is 13.4. The van der Waals surface area contributed by atoms with E-state index in [9.17, 15) is 9.18 Å². The first-order valence-corrected chi connectivity index (χ1v) is 5.77. The van der Waals surface area contributed by atoms with Gasteiger partial charge in [-0.2, -0.15) is 4.39 Å². The number of rotatable bonds is 3. The number of nitrogens with one attached hydrogen (secondary N) is 1. The SMILES string of the molecule is CC(C)NC(C)C.O=Cc1ccc(Cl)nc1F. The van der Waals surface area contributed by atoms with Crippen molar-refractivity contribution in [2.45, 2.75) is 39.8 Å². The second kappa shape index (κ2) is 8.14. The number of nitrogens with zero attached hydrogens (tertiary/aromatic N) is 1. The number of carbonyl (C=O) groups is 1. The maximum Gasteiger partial charge on any atom is 0.224 e. The van der Waals surface area contributed by atoms with Gasteiger partial charge in [-0.1, -0.05) is 39.3 Å². The summed E-state index contributed by atoms with van der Waals surface area (Å²) in [6.07, 6.45) is 0.388. The van der Waals surface area contributed by atoms with E-state index in [1.54, 1.807) is 0 Å². The number of aromatic nitrogens is 1. The minimum Gasteiger partial charge on any atom is -0.312 e. The van der Waals surface area contributed by atoms with Gasteiger partial charge < -0.3 is 5.32 Å². The molecule has 5 heteroatoms. The van der Waals surface area contributed by atoms with Crippen LogP contribution in [0.3, 0.4) is 0 Å². The van der Waals surface area contributed by atoms with Gasteiger partial charge in [0, 0.05) is 12.1 Å². The summed E-state index contributed by atoms with van der Waals surface area (Å²) in [5.74, 6) is -0.831. The van der Waals surface area contributed by atoms with Crippen LogP contribution in [0.1, 0.15) is 38.1 Å². The predicted molar refractivity (Wildman–Crippen MR) is 68.0 cm³/mol. The molecule has 1 aromatic heterocycles. The molecule has 17 heavy (non-hydrogen) atoms. The molecule has 1 aromatic rings. The summed E-state index contributed by atoms with van der Waals surface area (Å²) in [6, 6.07) is 3.88. The van der Waals surface area contributed by atoms with E-state index in [4.69, 9.17) is 11.6 Å². The zero-order valence-electron chi connectivity index (χ0n) is 10.5. The summed E-state index contributed by atoms with van der Waals surface area (Å²) < 4.78 is 12.4. The van der Waals surface area contributed by atoms with E-state index in [1.807, 2.05) is 0 Å². The van der Waals surface area contributed by atoms with Crippen LogP contribution in [0, 0.1) is 5.95 Å². The fraction of sp³-hybridized carbons (Fsp3) is 0.500.